The van der Waals surface area contributed by atoms with Gasteiger partial charge in [0.2, 0.25) is 17.6 Å². The number of nitrogens with one attached hydrogen (secondary N) is 2. The third-order valence-corrected chi connectivity index (χ3v) is 11.0. The molecule has 5 N–H and O–H groups in total. The minimum Gasteiger partial charge on any atom is -0.495 e. The Morgan fingerprint density at radius 3 is 2.47 bits per heavy atom. The van der Waals surface area contributed by atoms with Gasteiger partial charge in [-0.15, -0.1) is 5.10 Å². The molecular weight excluding hydrogens is 682 g/mol. The molecule has 4 amide bonds. The van der Waals surface area contributed by atoms with Crippen molar-refractivity contribution in [2.24, 2.45) is 11.7 Å². The number of methoxy groups -OCH3 is 1. The SMILES string of the molecule is COc1c(C(=O)NC(CC2CCCCC2)C(=O)N2C[C@@H](n3nncc3C(C)(C)O)C[C@H]2C(=O)NC2(C(=O)C(N)=O)CCOCC2)ccc2ccccc12. The van der Waals surface area contributed by atoms with Gasteiger partial charge in [-0.2, -0.15) is 0 Å². The fourth-order valence-corrected chi connectivity index (χ4v) is 8.17. The number of benzene rings is 2. The summed E-state index contributed by atoms with van der Waals surface area (Å²) in [4.78, 5) is 70.2. The van der Waals surface area contributed by atoms with Gasteiger partial charge in [0.05, 0.1) is 30.6 Å². The number of ether oxygens (including phenoxy) is 2. The van der Waals surface area contributed by atoms with E-state index in [4.69, 9.17) is 15.2 Å². The summed E-state index contributed by atoms with van der Waals surface area (Å²) in [7, 11) is 1.50. The van der Waals surface area contributed by atoms with Crippen molar-refractivity contribution in [1.82, 2.24) is 30.5 Å². The number of ketones is 1. The van der Waals surface area contributed by atoms with Crippen molar-refractivity contribution in [2.75, 3.05) is 26.9 Å². The number of carbonyl (C=O) groups is 5. The smallest absolute Gasteiger partial charge is 0.287 e. The Morgan fingerprint density at radius 2 is 1.79 bits per heavy atom. The van der Waals surface area contributed by atoms with Crippen LogP contribution in [0.15, 0.2) is 42.6 Å². The van der Waals surface area contributed by atoms with E-state index in [0.29, 0.717) is 17.9 Å². The van der Waals surface area contributed by atoms with E-state index in [1.807, 2.05) is 30.3 Å². The van der Waals surface area contributed by atoms with E-state index in [1.165, 1.54) is 22.9 Å². The van der Waals surface area contributed by atoms with E-state index >= 15 is 0 Å². The van der Waals surface area contributed by atoms with Crippen LogP contribution in [0.2, 0.25) is 0 Å². The molecule has 15 nitrogen and oxygen atoms in total. The maximum atomic E-state index is 14.9. The monoisotopic (exact) mass is 731 g/mol. The normalized spacial score (nSPS) is 21.2. The van der Waals surface area contributed by atoms with Gasteiger partial charge in [0, 0.05) is 44.4 Å². The largest absolute Gasteiger partial charge is 0.495 e. The minimum atomic E-state index is -1.60. The maximum Gasteiger partial charge on any atom is 0.287 e. The highest BCUT2D eigenvalue weighted by Gasteiger charge is 2.49. The van der Waals surface area contributed by atoms with Crippen LogP contribution < -0.4 is 21.1 Å². The minimum absolute atomic E-state index is 0.000427. The van der Waals surface area contributed by atoms with E-state index in [2.05, 4.69) is 20.9 Å². The molecule has 1 saturated carbocycles. The van der Waals surface area contributed by atoms with Gasteiger partial charge in [-0.1, -0.05) is 67.6 Å². The highest BCUT2D eigenvalue weighted by molar-refractivity contribution is 6.39. The topological polar surface area (TPSA) is 208 Å². The number of fused-ring (bicyclic) bond motifs is 1. The summed E-state index contributed by atoms with van der Waals surface area (Å²) in [5.41, 5.74) is 3.16. The average Bonchev–Trinajstić information content (AvgIpc) is 3.83. The number of aliphatic hydroxyl groups is 1. The molecule has 2 saturated heterocycles. The summed E-state index contributed by atoms with van der Waals surface area (Å²) in [6.45, 7) is 3.42. The predicted molar refractivity (Wildman–Crippen MR) is 192 cm³/mol. The fraction of sp³-hybridized carbons (Fsp3) is 0.553. The van der Waals surface area contributed by atoms with E-state index in [1.54, 1.807) is 19.9 Å². The van der Waals surface area contributed by atoms with Gasteiger partial charge in [-0.25, -0.2) is 4.68 Å². The second kappa shape index (κ2) is 15.6. The molecule has 3 aliphatic rings. The molecule has 3 heterocycles. The molecule has 284 valence electrons. The van der Waals surface area contributed by atoms with Crippen LogP contribution in [0, 0.1) is 5.92 Å². The standard InChI is InChI=1S/C38H49N7O8/c1-37(2,51)30-21-40-43-45(30)25-20-29(35(49)42-38(32(46)33(39)47)15-17-53-18-16-38)44(22-25)36(50)28(19-23-9-5-4-6-10-23)41-34(48)27-14-13-24-11-7-8-12-26(24)31(27)52-3/h7-8,11-14,21,23,25,28-29,51H,4-6,9-10,15-20,22H2,1-3H3,(H2,39,47)(H,41,48)(H,42,49)/t25-,28?,29-/m0/s1. The molecule has 0 spiro atoms. The second-order valence-corrected chi connectivity index (χ2v) is 15.0. The van der Waals surface area contributed by atoms with Crippen LogP contribution in [0.5, 0.6) is 5.75 Å². The van der Waals surface area contributed by atoms with Crippen LogP contribution in [0.4, 0.5) is 0 Å². The Balaban J connectivity index is 1.35. The van der Waals surface area contributed by atoms with E-state index in [9.17, 15) is 29.1 Å². The molecule has 2 aromatic carbocycles. The van der Waals surface area contributed by atoms with E-state index in [0.717, 1.165) is 42.9 Å². The van der Waals surface area contributed by atoms with Gasteiger partial charge in [0.25, 0.3) is 11.8 Å². The van der Waals surface area contributed by atoms with Crippen LogP contribution in [0.25, 0.3) is 10.8 Å². The molecule has 3 aromatic rings. The zero-order valence-corrected chi connectivity index (χ0v) is 30.5. The van der Waals surface area contributed by atoms with Crippen molar-refractivity contribution < 1.29 is 38.6 Å². The van der Waals surface area contributed by atoms with Gasteiger partial charge in [0.15, 0.2) is 0 Å². The number of rotatable bonds is 12. The van der Waals surface area contributed by atoms with Crippen LogP contribution in [0.1, 0.15) is 93.7 Å². The average molecular weight is 732 g/mol. The number of likely N-dealkylation sites (tertiary alicyclic amines) is 1. The maximum absolute atomic E-state index is 14.9. The molecule has 6 rings (SSSR count). The molecule has 3 fully saturated rings. The summed E-state index contributed by atoms with van der Waals surface area (Å²) in [6.07, 6.45) is 6.85. The Hall–Kier alpha value is -4.89. The van der Waals surface area contributed by atoms with Gasteiger partial charge in [-0.3, -0.25) is 24.0 Å². The van der Waals surface area contributed by atoms with Crippen LogP contribution in [-0.2, 0) is 29.5 Å². The molecule has 15 heteroatoms. The molecule has 2 aliphatic heterocycles. The van der Waals surface area contributed by atoms with Gasteiger partial charge in [-0.05, 0) is 37.6 Å². The Labute approximate surface area is 307 Å². The molecule has 3 atom stereocenters. The zero-order valence-electron chi connectivity index (χ0n) is 30.5. The first kappa shape index (κ1) is 37.9. The molecule has 53 heavy (non-hydrogen) atoms. The number of carbonyl (C=O) groups excluding carboxylic acids is 5. The molecule has 1 aromatic heterocycles. The van der Waals surface area contributed by atoms with Crippen molar-refractivity contribution in [2.45, 2.75) is 101 Å². The molecular formula is C38H49N7O8. The van der Waals surface area contributed by atoms with Crippen molar-refractivity contribution >= 4 is 40.2 Å². The van der Waals surface area contributed by atoms with Crippen molar-refractivity contribution in [1.29, 1.82) is 0 Å². The number of hydrogen-bond acceptors (Lipinski definition) is 10. The zero-order chi connectivity index (χ0) is 37.9. The van der Waals surface area contributed by atoms with Gasteiger partial charge in [0.1, 0.15) is 29.0 Å². The number of amides is 4. The number of nitrogens with zero attached hydrogens (tertiary/aromatic N) is 4. The first-order valence-electron chi connectivity index (χ1n) is 18.4. The highest BCUT2D eigenvalue weighted by atomic mass is 16.5. The third-order valence-electron chi connectivity index (χ3n) is 11.0. The quantitative estimate of drug-likeness (QED) is 0.200. The second-order valence-electron chi connectivity index (χ2n) is 15.0. The number of nitrogens with two attached hydrogens (primary N) is 1. The number of hydrogen-bond donors (Lipinski definition) is 4. The lowest BCUT2D eigenvalue weighted by molar-refractivity contribution is -0.147. The summed E-state index contributed by atoms with van der Waals surface area (Å²) in [5, 5.41) is 26.6. The van der Waals surface area contributed by atoms with E-state index < -0.39 is 58.7 Å². The van der Waals surface area contributed by atoms with Gasteiger partial charge < -0.3 is 35.8 Å². The first-order valence-corrected chi connectivity index (χ1v) is 18.4. The number of Topliss-reactive ketones (excluding diaryl/α,β-unsaturated/α-hetero) is 1. The molecule has 1 unspecified atom stereocenters. The van der Waals surface area contributed by atoms with Crippen molar-refractivity contribution in [3.63, 3.8) is 0 Å². The van der Waals surface area contributed by atoms with E-state index in [-0.39, 0.29) is 50.5 Å². The van der Waals surface area contributed by atoms with Crippen LogP contribution >= 0.6 is 0 Å². The third kappa shape index (κ3) is 7.91. The van der Waals surface area contributed by atoms with Crippen molar-refractivity contribution in [3.05, 3.63) is 53.9 Å². The summed E-state index contributed by atoms with van der Waals surface area (Å²) >= 11 is 0. The summed E-state index contributed by atoms with van der Waals surface area (Å²) < 4.78 is 12.7. The molecule has 1 aliphatic carbocycles. The summed E-state index contributed by atoms with van der Waals surface area (Å²) in [5.74, 6) is -3.19. The Kier molecular flexibility index (Phi) is 11.1. The summed E-state index contributed by atoms with van der Waals surface area (Å²) in [6, 6.07) is 8.30. The Bertz CT molecular complexity index is 1860. The Morgan fingerprint density at radius 1 is 1.08 bits per heavy atom. The van der Waals surface area contributed by atoms with Crippen LogP contribution in [-0.4, -0.2) is 98.9 Å². The predicted octanol–water partition coefficient (Wildman–Crippen LogP) is 2.30. The fourth-order valence-electron chi connectivity index (χ4n) is 8.17. The first-order chi connectivity index (χ1) is 25.3. The molecule has 0 radical (unpaired) electrons. The van der Waals surface area contributed by atoms with Gasteiger partial charge >= 0.3 is 0 Å². The lowest BCUT2D eigenvalue weighted by Crippen LogP contribution is -2.64. The number of aromatic nitrogens is 3. The highest BCUT2D eigenvalue weighted by Crippen LogP contribution is 2.35. The lowest BCUT2D eigenvalue weighted by atomic mass is 9.84. The number of primary amides is 1. The van der Waals surface area contributed by atoms with Crippen LogP contribution in [0.3, 0.4) is 0 Å². The lowest BCUT2D eigenvalue weighted by Gasteiger charge is -2.37. The molecule has 0 bridgehead atoms. The van der Waals surface area contributed by atoms with Crippen molar-refractivity contribution in [3.8, 4) is 5.75 Å².